The van der Waals surface area contributed by atoms with Crippen LogP contribution in [0.3, 0.4) is 0 Å². The molecule has 1 saturated heterocycles. The first-order chi connectivity index (χ1) is 10.0. The number of carboxylic acids is 1. The number of hydrogen-bond acceptors (Lipinski definition) is 3. The zero-order valence-electron chi connectivity index (χ0n) is 11.6. The second-order valence-electron chi connectivity index (χ2n) is 4.88. The van der Waals surface area contributed by atoms with Gasteiger partial charge in [-0.15, -0.1) is 0 Å². The topological polar surface area (TPSA) is 78.9 Å². The van der Waals surface area contributed by atoms with Gasteiger partial charge >= 0.3 is 12.0 Å². The standard InChI is InChI=1S/C14H17ClN2O4/c1-21-10-3-2-6-17(8-10)14(20)16-12-7-9(13(18)19)4-5-11(12)15/h4-5,7,10H,2-3,6,8H2,1H3,(H,16,20)(H,18,19). The lowest BCUT2D eigenvalue weighted by Gasteiger charge is -2.32. The molecule has 1 aromatic rings. The van der Waals surface area contributed by atoms with E-state index in [0.29, 0.717) is 23.8 Å². The Morgan fingerprint density at radius 3 is 2.90 bits per heavy atom. The number of anilines is 1. The van der Waals surface area contributed by atoms with E-state index in [1.165, 1.54) is 18.2 Å². The van der Waals surface area contributed by atoms with Crippen LogP contribution < -0.4 is 5.32 Å². The van der Waals surface area contributed by atoms with E-state index in [4.69, 9.17) is 21.4 Å². The number of amides is 2. The van der Waals surface area contributed by atoms with E-state index in [1.54, 1.807) is 12.0 Å². The highest BCUT2D eigenvalue weighted by atomic mass is 35.5. The molecule has 1 fully saturated rings. The van der Waals surface area contributed by atoms with Gasteiger partial charge in [-0.05, 0) is 31.0 Å². The molecule has 0 radical (unpaired) electrons. The summed E-state index contributed by atoms with van der Waals surface area (Å²) in [6.07, 6.45) is 1.83. The minimum Gasteiger partial charge on any atom is -0.478 e. The number of piperidine rings is 1. The average molecular weight is 313 g/mol. The van der Waals surface area contributed by atoms with E-state index >= 15 is 0 Å². The highest BCUT2D eigenvalue weighted by Gasteiger charge is 2.24. The fourth-order valence-corrected chi connectivity index (χ4v) is 2.43. The summed E-state index contributed by atoms with van der Waals surface area (Å²) in [5, 5.41) is 11.9. The van der Waals surface area contributed by atoms with Gasteiger partial charge in [0.2, 0.25) is 0 Å². The van der Waals surface area contributed by atoms with Gasteiger partial charge in [0.1, 0.15) is 0 Å². The van der Waals surface area contributed by atoms with Gasteiger partial charge < -0.3 is 20.1 Å². The van der Waals surface area contributed by atoms with Gasteiger partial charge in [0.15, 0.2) is 0 Å². The molecule has 0 spiro atoms. The third kappa shape index (κ3) is 3.86. The van der Waals surface area contributed by atoms with Crippen molar-refractivity contribution in [1.82, 2.24) is 4.90 Å². The highest BCUT2D eigenvalue weighted by molar-refractivity contribution is 6.33. The third-order valence-electron chi connectivity index (χ3n) is 3.45. The lowest BCUT2D eigenvalue weighted by Crippen LogP contribution is -2.44. The molecule has 0 aliphatic carbocycles. The molecule has 1 aromatic carbocycles. The summed E-state index contributed by atoms with van der Waals surface area (Å²) in [6, 6.07) is 3.89. The maximum atomic E-state index is 12.2. The van der Waals surface area contributed by atoms with E-state index in [9.17, 15) is 9.59 Å². The molecule has 0 bridgehead atoms. The lowest BCUT2D eigenvalue weighted by molar-refractivity contribution is 0.0458. The molecule has 2 N–H and O–H groups in total. The number of carboxylic acid groups (broad SMARTS) is 1. The number of hydrogen-bond donors (Lipinski definition) is 2. The van der Waals surface area contributed by atoms with Crippen molar-refractivity contribution in [2.45, 2.75) is 18.9 Å². The monoisotopic (exact) mass is 312 g/mol. The molecule has 7 heteroatoms. The molecule has 0 saturated carbocycles. The van der Waals surface area contributed by atoms with Gasteiger partial charge in [0.25, 0.3) is 0 Å². The summed E-state index contributed by atoms with van der Waals surface area (Å²) < 4.78 is 5.27. The molecule has 1 atom stereocenters. The largest absolute Gasteiger partial charge is 0.478 e. The number of benzene rings is 1. The zero-order chi connectivity index (χ0) is 15.4. The SMILES string of the molecule is COC1CCCN(C(=O)Nc2cc(C(=O)O)ccc2Cl)C1. The van der Waals surface area contributed by atoms with Crippen LogP contribution in [0.15, 0.2) is 18.2 Å². The van der Waals surface area contributed by atoms with Crippen LogP contribution in [0.5, 0.6) is 0 Å². The zero-order valence-corrected chi connectivity index (χ0v) is 12.4. The maximum absolute atomic E-state index is 12.2. The first-order valence-corrected chi connectivity index (χ1v) is 7.00. The van der Waals surface area contributed by atoms with Gasteiger partial charge in [-0.2, -0.15) is 0 Å². The second kappa shape index (κ2) is 6.78. The number of nitrogens with zero attached hydrogens (tertiary/aromatic N) is 1. The van der Waals surface area contributed by atoms with Crippen molar-refractivity contribution in [3.05, 3.63) is 28.8 Å². The predicted octanol–water partition coefficient (Wildman–Crippen LogP) is 2.68. The predicted molar refractivity (Wildman–Crippen MR) is 79.0 cm³/mol. The Morgan fingerprint density at radius 2 is 2.24 bits per heavy atom. The van der Waals surface area contributed by atoms with Crippen LogP contribution in [-0.2, 0) is 4.74 Å². The summed E-state index contributed by atoms with van der Waals surface area (Å²) in [5.41, 5.74) is 0.365. The van der Waals surface area contributed by atoms with Gasteiger partial charge in [-0.3, -0.25) is 0 Å². The molecule has 6 nitrogen and oxygen atoms in total. The van der Waals surface area contributed by atoms with Crippen molar-refractivity contribution >= 4 is 29.3 Å². The van der Waals surface area contributed by atoms with E-state index in [1.807, 2.05) is 0 Å². The Morgan fingerprint density at radius 1 is 1.48 bits per heavy atom. The van der Waals surface area contributed by atoms with Crippen LogP contribution in [0.25, 0.3) is 0 Å². The number of nitrogens with one attached hydrogen (secondary N) is 1. The van der Waals surface area contributed by atoms with Crippen molar-refractivity contribution in [2.75, 3.05) is 25.5 Å². The van der Waals surface area contributed by atoms with Crippen LogP contribution >= 0.6 is 11.6 Å². The molecule has 1 heterocycles. The summed E-state index contributed by atoms with van der Waals surface area (Å²) in [7, 11) is 1.62. The summed E-state index contributed by atoms with van der Waals surface area (Å²) in [5.74, 6) is -1.07. The Labute approximate surface area is 127 Å². The molecule has 114 valence electrons. The van der Waals surface area contributed by atoms with Crippen LogP contribution in [0, 0.1) is 0 Å². The van der Waals surface area contributed by atoms with Gasteiger partial charge in [0, 0.05) is 20.2 Å². The number of urea groups is 1. The quantitative estimate of drug-likeness (QED) is 0.899. The number of carbonyl (C=O) groups excluding carboxylic acids is 1. The minimum atomic E-state index is -1.07. The first kappa shape index (κ1) is 15.6. The number of ether oxygens (including phenoxy) is 1. The van der Waals surface area contributed by atoms with Crippen LogP contribution in [0.4, 0.5) is 10.5 Å². The Balaban J connectivity index is 2.08. The van der Waals surface area contributed by atoms with Crippen LogP contribution in [0.2, 0.25) is 5.02 Å². The lowest BCUT2D eigenvalue weighted by atomic mass is 10.1. The van der Waals surface area contributed by atoms with Crippen molar-refractivity contribution in [3.63, 3.8) is 0 Å². The van der Waals surface area contributed by atoms with Crippen molar-refractivity contribution in [2.24, 2.45) is 0 Å². The number of likely N-dealkylation sites (tertiary alicyclic amines) is 1. The van der Waals surface area contributed by atoms with Crippen LogP contribution in [0.1, 0.15) is 23.2 Å². The van der Waals surface area contributed by atoms with Crippen molar-refractivity contribution in [3.8, 4) is 0 Å². The summed E-state index contributed by atoms with van der Waals surface area (Å²) >= 11 is 5.99. The maximum Gasteiger partial charge on any atom is 0.335 e. The highest BCUT2D eigenvalue weighted by Crippen LogP contribution is 2.24. The Bertz CT molecular complexity index is 550. The molecule has 1 unspecified atom stereocenters. The third-order valence-corrected chi connectivity index (χ3v) is 3.78. The second-order valence-corrected chi connectivity index (χ2v) is 5.28. The smallest absolute Gasteiger partial charge is 0.335 e. The molecular formula is C14H17ClN2O4. The van der Waals surface area contributed by atoms with E-state index in [2.05, 4.69) is 5.32 Å². The number of aromatic carboxylic acids is 1. The van der Waals surface area contributed by atoms with Crippen molar-refractivity contribution in [1.29, 1.82) is 0 Å². The first-order valence-electron chi connectivity index (χ1n) is 6.63. The molecule has 0 aromatic heterocycles. The minimum absolute atomic E-state index is 0.0327. The van der Waals surface area contributed by atoms with Gasteiger partial charge in [-0.25, -0.2) is 9.59 Å². The van der Waals surface area contributed by atoms with Gasteiger partial charge in [0.05, 0.1) is 22.4 Å². The molecule has 1 aliphatic heterocycles. The molecule has 1 aliphatic rings. The Kier molecular flexibility index (Phi) is 5.03. The summed E-state index contributed by atoms with van der Waals surface area (Å²) in [6.45, 7) is 1.15. The van der Waals surface area contributed by atoms with Crippen LogP contribution in [-0.4, -0.2) is 48.3 Å². The van der Waals surface area contributed by atoms with Gasteiger partial charge in [-0.1, -0.05) is 11.6 Å². The van der Waals surface area contributed by atoms with E-state index < -0.39 is 5.97 Å². The molecule has 21 heavy (non-hydrogen) atoms. The van der Waals surface area contributed by atoms with E-state index in [-0.39, 0.29) is 17.7 Å². The number of carbonyl (C=O) groups is 2. The summed E-state index contributed by atoms with van der Waals surface area (Å²) in [4.78, 5) is 24.8. The van der Waals surface area contributed by atoms with E-state index in [0.717, 1.165) is 12.8 Å². The molecular weight excluding hydrogens is 296 g/mol. The number of methoxy groups -OCH3 is 1. The fraction of sp³-hybridized carbons (Fsp3) is 0.429. The fourth-order valence-electron chi connectivity index (χ4n) is 2.26. The number of rotatable bonds is 3. The average Bonchev–Trinajstić information content (AvgIpc) is 2.49. The molecule has 2 rings (SSSR count). The molecule has 2 amide bonds. The van der Waals surface area contributed by atoms with Crippen molar-refractivity contribution < 1.29 is 19.4 Å². The Hall–Kier alpha value is -1.79. The number of halogens is 1. The normalized spacial score (nSPS) is 18.4.